The molecule has 6 nitrogen and oxygen atoms in total. The predicted molar refractivity (Wildman–Crippen MR) is 90.0 cm³/mol. The molecular weight excluding hydrogens is 308 g/mol. The second-order valence-corrected chi connectivity index (χ2v) is 6.23. The van der Waals surface area contributed by atoms with Crippen LogP contribution in [0.15, 0.2) is 24.3 Å². The van der Waals surface area contributed by atoms with E-state index in [-0.39, 0.29) is 18.4 Å². The summed E-state index contributed by atoms with van der Waals surface area (Å²) in [6.45, 7) is 3.21. The van der Waals surface area contributed by atoms with Gasteiger partial charge in [-0.2, -0.15) is 0 Å². The molecule has 2 atom stereocenters. The summed E-state index contributed by atoms with van der Waals surface area (Å²) in [6.07, 6.45) is 4.30. The number of hydrogen-bond donors (Lipinski definition) is 2. The van der Waals surface area contributed by atoms with Gasteiger partial charge in [-0.3, -0.25) is 14.9 Å². The lowest BCUT2D eigenvalue weighted by atomic mass is 9.86. The summed E-state index contributed by atoms with van der Waals surface area (Å²) in [5.74, 6) is 0.0594. The normalized spacial score (nSPS) is 20.1. The fraction of sp³-hybridized carbons (Fsp3) is 0.500. The van der Waals surface area contributed by atoms with Gasteiger partial charge in [-0.05, 0) is 37.8 Å². The highest BCUT2D eigenvalue weighted by Crippen LogP contribution is 2.23. The van der Waals surface area contributed by atoms with Crippen LogP contribution in [0.2, 0.25) is 0 Å². The van der Waals surface area contributed by atoms with E-state index in [1.807, 2.05) is 0 Å². The molecule has 0 saturated heterocycles. The number of para-hydroxylation sites is 1. The topological polar surface area (TPSA) is 84.5 Å². The Kier molecular flexibility index (Phi) is 6.35. The van der Waals surface area contributed by atoms with E-state index in [4.69, 9.17) is 4.74 Å². The van der Waals surface area contributed by atoms with Crippen LogP contribution in [0.3, 0.4) is 0 Å². The number of ether oxygens (including phenoxy) is 1. The number of amides is 3. The number of nitrogens with one attached hydrogen (secondary N) is 2. The molecule has 2 unspecified atom stereocenters. The van der Waals surface area contributed by atoms with E-state index in [9.17, 15) is 14.4 Å². The monoisotopic (exact) mass is 332 g/mol. The minimum atomic E-state index is -0.547. The zero-order valence-electron chi connectivity index (χ0n) is 14.1. The van der Waals surface area contributed by atoms with Crippen LogP contribution in [-0.4, -0.2) is 30.4 Å². The minimum Gasteiger partial charge on any atom is -0.483 e. The number of carbonyl (C=O) groups excluding carboxylic acids is 3. The molecule has 2 rings (SSSR count). The zero-order valence-corrected chi connectivity index (χ0v) is 14.1. The van der Waals surface area contributed by atoms with E-state index in [1.165, 1.54) is 13.3 Å². The molecule has 0 heterocycles. The van der Waals surface area contributed by atoms with E-state index in [1.54, 1.807) is 24.3 Å². The third-order valence-electron chi connectivity index (χ3n) is 4.31. The molecule has 1 saturated carbocycles. The van der Waals surface area contributed by atoms with Gasteiger partial charge in [0.2, 0.25) is 0 Å². The van der Waals surface area contributed by atoms with Gasteiger partial charge in [0.25, 0.3) is 5.91 Å². The van der Waals surface area contributed by atoms with Gasteiger partial charge in [-0.15, -0.1) is 0 Å². The van der Waals surface area contributed by atoms with Crippen LogP contribution in [0.5, 0.6) is 5.75 Å². The van der Waals surface area contributed by atoms with Crippen LogP contribution in [0.1, 0.15) is 49.9 Å². The molecule has 130 valence electrons. The molecule has 0 spiro atoms. The quantitative estimate of drug-likeness (QED) is 0.812. The summed E-state index contributed by atoms with van der Waals surface area (Å²) in [7, 11) is 0. The van der Waals surface area contributed by atoms with Crippen LogP contribution in [0.25, 0.3) is 0 Å². The van der Waals surface area contributed by atoms with Crippen LogP contribution in [0.4, 0.5) is 4.79 Å². The third-order valence-corrected chi connectivity index (χ3v) is 4.31. The van der Waals surface area contributed by atoms with E-state index in [0.717, 1.165) is 19.3 Å². The Bertz CT molecular complexity index is 615. The van der Waals surface area contributed by atoms with Gasteiger partial charge in [0.1, 0.15) is 5.75 Å². The van der Waals surface area contributed by atoms with Crippen molar-refractivity contribution < 1.29 is 19.1 Å². The van der Waals surface area contributed by atoms with Gasteiger partial charge in [0, 0.05) is 6.04 Å². The van der Waals surface area contributed by atoms with Crippen molar-refractivity contribution in [3.8, 4) is 5.75 Å². The molecule has 2 N–H and O–H groups in total. The van der Waals surface area contributed by atoms with Gasteiger partial charge in [-0.25, -0.2) is 4.79 Å². The number of carbonyl (C=O) groups is 3. The predicted octanol–water partition coefficient (Wildman–Crippen LogP) is 2.67. The summed E-state index contributed by atoms with van der Waals surface area (Å²) in [6, 6.07) is 6.30. The highest BCUT2D eigenvalue weighted by molar-refractivity contribution is 5.97. The first-order chi connectivity index (χ1) is 11.5. The molecular formula is C18H24N2O4. The Hall–Kier alpha value is -2.37. The zero-order chi connectivity index (χ0) is 17.5. The van der Waals surface area contributed by atoms with Crippen LogP contribution >= 0.6 is 0 Å². The molecule has 1 fully saturated rings. The summed E-state index contributed by atoms with van der Waals surface area (Å²) < 4.78 is 5.36. The molecule has 1 aromatic rings. The lowest BCUT2D eigenvalue weighted by Crippen LogP contribution is -2.48. The minimum absolute atomic E-state index is 0.103. The average Bonchev–Trinajstić information content (AvgIpc) is 2.55. The molecule has 0 bridgehead atoms. The summed E-state index contributed by atoms with van der Waals surface area (Å²) >= 11 is 0. The Morgan fingerprint density at radius 3 is 2.58 bits per heavy atom. The molecule has 1 aliphatic carbocycles. The van der Waals surface area contributed by atoms with Crippen molar-refractivity contribution in [2.24, 2.45) is 5.92 Å². The second-order valence-electron chi connectivity index (χ2n) is 6.23. The van der Waals surface area contributed by atoms with Crippen molar-refractivity contribution in [2.45, 2.75) is 45.6 Å². The van der Waals surface area contributed by atoms with Gasteiger partial charge in [-0.1, -0.05) is 31.9 Å². The number of benzene rings is 1. The number of urea groups is 1. The largest absolute Gasteiger partial charge is 0.483 e. The van der Waals surface area contributed by atoms with Gasteiger partial charge in [0.15, 0.2) is 12.4 Å². The number of Topliss-reactive ketones (excluding diaryl/α,β-unsaturated/α-hetero) is 1. The van der Waals surface area contributed by atoms with E-state index in [2.05, 4.69) is 17.6 Å². The van der Waals surface area contributed by atoms with Gasteiger partial charge < -0.3 is 10.1 Å². The molecule has 0 radical (unpaired) electrons. The molecule has 1 aliphatic rings. The lowest BCUT2D eigenvalue weighted by molar-refractivity contribution is -0.122. The molecule has 3 amide bonds. The first-order valence-corrected chi connectivity index (χ1v) is 8.30. The first-order valence-electron chi connectivity index (χ1n) is 8.30. The Morgan fingerprint density at radius 1 is 1.17 bits per heavy atom. The van der Waals surface area contributed by atoms with Crippen LogP contribution in [-0.2, 0) is 4.79 Å². The van der Waals surface area contributed by atoms with Crippen molar-refractivity contribution >= 4 is 17.7 Å². The maximum absolute atomic E-state index is 11.9. The Morgan fingerprint density at radius 2 is 1.88 bits per heavy atom. The smallest absolute Gasteiger partial charge is 0.321 e. The van der Waals surface area contributed by atoms with Crippen molar-refractivity contribution in [1.29, 1.82) is 0 Å². The molecule has 1 aromatic carbocycles. The first kappa shape index (κ1) is 18.0. The molecule has 0 aromatic heterocycles. The number of rotatable bonds is 5. The van der Waals surface area contributed by atoms with E-state index < -0.39 is 11.9 Å². The fourth-order valence-corrected chi connectivity index (χ4v) is 2.92. The van der Waals surface area contributed by atoms with Crippen LogP contribution in [0, 0.1) is 5.92 Å². The maximum Gasteiger partial charge on any atom is 0.321 e. The molecule has 24 heavy (non-hydrogen) atoms. The summed E-state index contributed by atoms with van der Waals surface area (Å²) in [4.78, 5) is 35.2. The Balaban J connectivity index is 1.81. The molecule has 6 heteroatoms. The summed E-state index contributed by atoms with van der Waals surface area (Å²) in [5, 5.41) is 5.11. The number of imide groups is 1. The second kappa shape index (κ2) is 8.47. The van der Waals surface area contributed by atoms with E-state index >= 15 is 0 Å². The molecule has 0 aliphatic heterocycles. The standard InChI is InChI=1S/C18H24N2O4/c1-12-7-3-5-9-15(12)19-18(23)20-17(22)11-24-16-10-6-4-8-14(16)13(2)21/h4,6,8,10,12,15H,3,5,7,9,11H2,1-2H3,(H2,19,20,22,23). The SMILES string of the molecule is CC(=O)c1ccccc1OCC(=O)NC(=O)NC1CCCCC1C. The highest BCUT2D eigenvalue weighted by atomic mass is 16.5. The van der Waals surface area contributed by atoms with Gasteiger partial charge >= 0.3 is 6.03 Å². The summed E-state index contributed by atoms with van der Waals surface area (Å²) in [5.41, 5.74) is 0.408. The van der Waals surface area contributed by atoms with Crippen molar-refractivity contribution in [3.63, 3.8) is 0 Å². The average molecular weight is 332 g/mol. The van der Waals surface area contributed by atoms with Crippen LogP contribution < -0.4 is 15.4 Å². The highest BCUT2D eigenvalue weighted by Gasteiger charge is 2.23. The van der Waals surface area contributed by atoms with Crippen molar-refractivity contribution in [3.05, 3.63) is 29.8 Å². The third kappa shape index (κ3) is 5.08. The Labute approximate surface area is 142 Å². The fourth-order valence-electron chi connectivity index (χ4n) is 2.92. The number of ketones is 1. The lowest BCUT2D eigenvalue weighted by Gasteiger charge is -2.29. The van der Waals surface area contributed by atoms with Gasteiger partial charge in [0.05, 0.1) is 5.56 Å². The van der Waals surface area contributed by atoms with E-state index in [0.29, 0.717) is 17.2 Å². The van der Waals surface area contributed by atoms with Crippen molar-refractivity contribution in [2.75, 3.05) is 6.61 Å². The van der Waals surface area contributed by atoms with Crippen molar-refractivity contribution in [1.82, 2.24) is 10.6 Å². The maximum atomic E-state index is 11.9. The number of hydrogen-bond acceptors (Lipinski definition) is 4.